The minimum Gasteiger partial charge on any atom is -0.140 e. The highest BCUT2D eigenvalue weighted by molar-refractivity contribution is 7.15. The molecule has 4 heteroatoms. The van der Waals surface area contributed by atoms with E-state index in [2.05, 4.69) is 86.7 Å². The van der Waals surface area contributed by atoms with E-state index in [1.165, 1.54) is 167 Å². The largest absolute Gasteiger partial charge is 0.140 e. The predicted octanol–water partition coefficient (Wildman–Crippen LogP) is 16.7. The van der Waals surface area contributed by atoms with Gasteiger partial charge < -0.3 is 0 Å². The van der Waals surface area contributed by atoms with Gasteiger partial charge in [-0.1, -0.05) is 129 Å². The van der Waals surface area contributed by atoms with Crippen LogP contribution in [0.4, 0.5) is 0 Å². The van der Waals surface area contributed by atoms with Gasteiger partial charge in [0.25, 0.3) is 0 Å². The maximum absolute atomic E-state index is 2.42. The fourth-order valence-corrected chi connectivity index (χ4v) is 11.5. The Morgan fingerprint density at radius 3 is 0.854 bits per heavy atom. The van der Waals surface area contributed by atoms with Crippen LogP contribution < -0.4 is 0 Å². The monoisotopic (exact) mass is 716 g/mol. The first-order valence-electron chi connectivity index (χ1n) is 19.5. The summed E-state index contributed by atoms with van der Waals surface area (Å²) in [6.07, 6.45) is 36.9. The molecule has 0 aromatic carbocycles. The molecule has 8 bridgehead atoms. The first-order chi connectivity index (χ1) is 23.7. The Balaban J connectivity index is 1.25. The maximum atomic E-state index is 2.42. The summed E-state index contributed by atoms with van der Waals surface area (Å²) in [4.78, 5) is 11.6. The van der Waals surface area contributed by atoms with Gasteiger partial charge in [0.15, 0.2) is 0 Å². The van der Waals surface area contributed by atoms with E-state index in [1.807, 2.05) is 45.3 Å². The van der Waals surface area contributed by atoms with Crippen molar-refractivity contribution in [3.8, 4) is 0 Å². The Kier molecular flexibility index (Phi) is 16.8. The second-order valence-electron chi connectivity index (χ2n) is 14.0. The zero-order valence-corrected chi connectivity index (χ0v) is 33.1. The van der Waals surface area contributed by atoms with Gasteiger partial charge in [-0.3, -0.25) is 0 Å². The molecule has 0 radical (unpaired) electrons. The molecule has 5 heterocycles. The van der Waals surface area contributed by atoms with E-state index in [1.54, 1.807) is 0 Å². The van der Waals surface area contributed by atoms with Crippen LogP contribution in [0, 0.1) is 0 Å². The summed E-state index contributed by atoms with van der Waals surface area (Å²) < 4.78 is 0. The highest BCUT2D eigenvalue weighted by atomic mass is 32.1. The van der Waals surface area contributed by atoms with Crippen molar-refractivity contribution in [2.24, 2.45) is 0 Å². The Bertz CT molecular complexity index is 1290. The fourth-order valence-electron chi connectivity index (χ4n) is 7.08. The molecule has 0 saturated carbocycles. The molecule has 0 N–H and O–H groups in total. The van der Waals surface area contributed by atoms with Crippen molar-refractivity contribution in [2.75, 3.05) is 0 Å². The van der Waals surface area contributed by atoms with Crippen LogP contribution in [0.3, 0.4) is 0 Å². The number of hydrogen-bond donors (Lipinski definition) is 0. The molecule has 0 aliphatic carbocycles. The summed E-state index contributed by atoms with van der Waals surface area (Å²) >= 11 is 8.02. The van der Waals surface area contributed by atoms with E-state index in [9.17, 15) is 0 Å². The molecule has 4 aromatic rings. The number of fused-ring (bicyclic) bond motifs is 8. The normalized spacial score (nSPS) is 17.3. The molecule has 0 atom stereocenters. The minimum atomic E-state index is 0.510. The average Bonchev–Trinajstić information content (AvgIpc) is 3.93. The van der Waals surface area contributed by atoms with E-state index >= 15 is 0 Å². The molecular formula is C44H60S4. The molecule has 260 valence electrons. The molecule has 4 aromatic heterocycles. The molecule has 0 spiro atoms. The molecule has 48 heavy (non-hydrogen) atoms. The van der Waals surface area contributed by atoms with Crippen molar-refractivity contribution in [3.05, 3.63) is 87.5 Å². The molecule has 0 nitrogen and oxygen atoms in total. The van der Waals surface area contributed by atoms with Gasteiger partial charge in [-0.2, -0.15) is 0 Å². The van der Waals surface area contributed by atoms with Crippen molar-refractivity contribution in [3.63, 3.8) is 0 Å². The van der Waals surface area contributed by atoms with Gasteiger partial charge in [-0.05, 0) is 85.7 Å². The third-order valence-electron chi connectivity index (χ3n) is 9.98. The van der Waals surface area contributed by atoms with E-state index in [-0.39, 0.29) is 0 Å². The smallest absolute Gasteiger partial charge is 0.0278 e. The quantitative estimate of drug-likeness (QED) is 0.0799. The summed E-state index contributed by atoms with van der Waals surface area (Å²) in [5.74, 6) is 1.02. The number of unbranched alkanes of at least 4 members (excludes halogenated alkanes) is 16. The summed E-state index contributed by atoms with van der Waals surface area (Å²) in [6.45, 7) is 4.61. The lowest BCUT2D eigenvalue weighted by Crippen LogP contribution is -1.97. The number of hydrogen-bond acceptors (Lipinski definition) is 4. The van der Waals surface area contributed by atoms with Crippen molar-refractivity contribution in [1.82, 2.24) is 0 Å². The number of rotatable bonds is 20. The summed E-state index contributed by atoms with van der Waals surface area (Å²) in [5, 5.41) is 0. The van der Waals surface area contributed by atoms with Gasteiger partial charge >= 0.3 is 0 Å². The molecule has 1 aliphatic rings. The second-order valence-corrected chi connectivity index (χ2v) is 18.6. The predicted molar refractivity (Wildman–Crippen MR) is 223 cm³/mol. The first-order valence-corrected chi connectivity index (χ1v) is 22.7. The number of thiophene rings is 4. The third-order valence-corrected chi connectivity index (χ3v) is 14.6. The zero-order chi connectivity index (χ0) is 33.2. The summed E-state index contributed by atoms with van der Waals surface area (Å²) in [7, 11) is 0. The fraction of sp³-hybridized carbons (Fsp3) is 0.545. The lowest BCUT2D eigenvalue weighted by molar-refractivity contribution is 0.548. The first kappa shape index (κ1) is 37.5. The van der Waals surface area contributed by atoms with Gasteiger partial charge in [-0.15, -0.1) is 45.3 Å². The van der Waals surface area contributed by atoms with E-state index in [0.717, 1.165) is 0 Å². The van der Waals surface area contributed by atoms with Crippen LogP contribution in [-0.4, -0.2) is 0 Å². The van der Waals surface area contributed by atoms with Gasteiger partial charge in [0.2, 0.25) is 0 Å². The molecular weight excluding hydrogens is 657 g/mol. The lowest BCUT2D eigenvalue weighted by Gasteiger charge is -2.14. The van der Waals surface area contributed by atoms with Gasteiger partial charge in [-0.25, -0.2) is 0 Å². The van der Waals surface area contributed by atoms with Crippen LogP contribution in [0.25, 0.3) is 24.3 Å². The topological polar surface area (TPSA) is 0 Å². The van der Waals surface area contributed by atoms with Gasteiger partial charge in [0, 0.05) is 50.9 Å². The van der Waals surface area contributed by atoms with Crippen LogP contribution >= 0.6 is 45.3 Å². The van der Waals surface area contributed by atoms with Crippen LogP contribution in [-0.2, 0) is 0 Å². The maximum Gasteiger partial charge on any atom is 0.0278 e. The van der Waals surface area contributed by atoms with Crippen LogP contribution in [0.1, 0.15) is 193 Å². The molecule has 0 unspecified atom stereocenters. The Morgan fingerprint density at radius 1 is 0.333 bits per heavy atom. The van der Waals surface area contributed by atoms with E-state index < -0.39 is 0 Å². The molecule has 0 saturated heterocycles. The Morgan fingerprint density at radius 2 is 0.583 bits per heavy atom. The Hall–Kier alpha value is -1.72. The highest BCUT2D eigenvalue weighted by Gasteiger charge is 2.20. The van der Waals surface area contributed by atoms with Crippen molar-refractivity contribution < 1.29 is 0 Å². The average molecular weight is 717 g/mol. The third kappa shape index (κ3) is 12.3. The van der Waals surface area contributed by atoms with Gasteiger partial charge in [0.1, 0.15) is 0 Å². The summed E-state index contributed by atoms with van der Waals surface area (Å²) in [6, 6.07) is 19.1. The van der Waals surface area contributed by atoms with Crippen LogP contribution in [0.15, 0.2) is 48.5 Å². The lowest BCUT2D eigenvalue weighted by atomic mass is 9.97. The van der Waals surface area contributed by atoms with E-state index in [4.69, 9.17) is 0 Å². The zero-order valence-electron chi connectivity index (χ0n) is 29.9. The standard InChI is InChI=1S/C44H60S4/c1-3-5-7-9-11-13-15-17-19-21-39-41-31-27-35(45-41)23-25-37-29-33-43(47-37)40(22-20-18-16-14-12-10-8-6-4-2)44-34-30-38(48-44)26-24-36-28-32-42(39)46-36/h23-34,39-40H,3-22H2,1-2H3/b25-23+,26-24+. The minimum absolute atomic E-state index is 0.510. The van der Waals surface area contributed by atoms with Crippen LogP contribution in [0.5, 0.6) is 0 Å². The highest BCUT2D eigenvalue weighted by Crippen LogP contribution is 2.41. The second kappa shape index (κ2) is 21.5. The van der Waals surface area contributed by atoms with Crippen molar-refractivity contribution in [2.45, 2.75) is 154 Å². The molecule has 0 amide bonds. The SMILES string of the molecule is CCCCCCCCCCCC1c2ccc(s2)/C=C/c2ccc(s2)C(CCCCCCCCCCC)c2ccc(s2)/C=C/c2ccc1s2. The molecule has 5 rings (SSSR count). The van der Waals surface area contributed by atoms with Crippen molar-refractivity contribution >= 4 is 69.7 Å². The summed E-state index contributed by atoms with van der Waals surface area (Å²) in [5.41, 5.74) is 0. The molecule has 1 aliphatic heterocycles. The van der Waals surface area contributed by atoms with E-state index in [0.29, 0.717) is 11.8 Å². The van der Waals surface area contributed by atoms with Crippen molar-refractivity contribution in [1.29, 1.82) is 0 Å². The Labute approximate surface area is 309 Å². The molecule has 0 fully saturated rings. The van der Waals surface area contributed by atoms with Gasteiger partial charge in [0.05, 0.1) is 0 Å². The van der Waals surface area contributed by atoms with Crippen LogP contribution in [0.2, 0.25) is 0 Å².